The Morgan fingerprint density at radius 3 is 2.71 bits per heavy atom. The number of hydrogen-bond donors (Lipinski definition) is 1. The van der Waals surface area contributed by atoms with E-state index >= 15 is 0 Å². The molecule has 0 saturated heterocycles. The summed E-state index contributed by atoms with van der Waals surface area (Å²) in [7, 11) is 1.34. The lowest BCUT2D eigenvalue weighted by Crippen LogP contribution is -2.25. The monoisotopic (exact) mass is 287 g/mol. The number of esters is 1. The van der Waals surface area contributed by atoms with E-state index in [0.717, 1.165) is 18.6 Å². The fraction of sp³-hybridized carbons (Fsp3) is 0.353. The van der Waals surface area contributed by atoms with Gasteiger partial charge in [0, 0.05) is 6.04 Å². The molecule has 1 atom stereocenters. The lowest BCUT2D eigenvalue weighted by Gasteiger charge is -2.12. The molecule has 1 heterocycles. The predicted molar refractivity (Wildman–Crippen MR) is 81.1 cm³/mol. The first-order valence-corrected chi connectivity index (χ1v) is 7.13. The maximum atomic E-state index is 11.3. The third-order valence-corrected chi connectivity index (χ3v) is 3.38. The lowest BCUT2D eigenvalue weighted by atomic mass is 10.1. The van der Waals surface area contributed by atoms with Crippen molar-refractivity contribution < 1.29 is 13.9 Å². The van der Waals surface area contributed by atoms with Crippen LogP contribution in [0.4, 0.5) is 0 Å². The van der Waals surface area contributed by atoms with Gasteiger partial charge in [0.25, 0.3) is 0 Å². The number of benzene rings is 1. The molecule has 2 aromatic rings. The molecule has 2 rings (SSSR count). The van der Waals surface area contributed by atoms with Crippen molar-refractivity contribution in [2.45, 2.75) is 32.4 Å². The summed E-state index contributed by atoms with van der Waals surface area (Å²) in [6, 6.07) is 14.2. The van der Waals surface area contributed by atoms with Gasteiger partial charge in [-0.05, 0) is 37.5 Å². The normalized spacial score (nSPS) is 12.1. The second-order valence-corrected chi connectivity index (χ2v) is 5.06. The van der Waals surface area contributed by atoms with E-state index in [1.165, 1.54) is 12.7 Å². The molecule has 4 heteroatoms. The van der Waals surface area contributed by atoms with Crippen LogP contribution in [0, 0.1) is 0 Å². The van der Waals surface area contributed by atoms with Crippen LogP contribution >= 0.6 is 0 Å². The minimum atomic E-state index is -0.446. The summed E-state index contributed by atoms with van der Waals surface area (Å²) in [5.41, 5.74) is 1.34. The highest BCUT2D eigenvalue weighted by molar-refractivity contribution is 5.86. The van der Waals surface area contributed by atoms with E-state index in [1.807, 2.05) is 6.07 Å². The van der Waals surface area contributed by atoms with E-state index in [-0.39, 0.29) is 5.76 Å². The zero-order valence-corrected chi connectivity index (χ0v) is 12.5. The number of hydrogen-bond acceptors (Lipinski definition) is 4. The highest BCUT2D eigenvalue weighted by atomic mass is 16.5. The van der Waals surface area contributed by atoms with Crippen molar-refractivity contribution >= 4 is 5.97 Å². The van der Waals surface area contributed by atoms with E-state index in [2.05, 4.69) is 41.2 Å². The second-order valence-electron chi connectivity index (χ2n) is 5.06. The van der Waals surface area contributed by atoms with Crippen LogP contribution < -0.4 is 5.32 Å². The molecular formula is C17H21NO3. The fourth-order valence-corrected chi connectivity index (χ4v) is 2.09. The van der Waals surface area contributed by atoms with Crippen LogP contribution in [-0.4, -0.2) is 19.1 Å². The second kappa shape index (κ2) is 7.64. The Balaban J connectivity index is 1.75. The maximum absolute atomic E-state index is 11.3. The van der Waals surface area contributed by atoms with Gasteiger partial charge in [-0.15, -0.1) is 0 Å². The molecule has 21 heavy (non-hydrogen) atoms. The number of carbonyl (C=O) groups excluding carboxylic acids is 1. The van der Waals surface area contributed by atoms with Crippen LogP contribution in [-0.2, 0) is 17.7 Å². The predicted octanol–water partition coefficient (Wildman–Crippen LogP) is 3.18. The average Bonchev–Trinajstić information content (AvgIpc) is 3.00. The molecule has 0 radical (unpaired) electrons. The lowest BCUT2D eigenvalue weighted by molar-refractivity contribution is 0.0563. The molecule has 1 N–H and O–H groups in total. The first-order chi connectivity index (χ1) is 10.2. The summed E-state index contributed by atoms with van der Waals surface area (Å²) in [5, 5.41) is 3.39. The molecule has 1 aromatic carbocycles. The summed E-state index contributed by atoms with van der Waals surface area (Å²) >= 11 is 0. The van der Waals surface area contributed by atoms with Gasteiger partial charge in [0.05, 0.1) is 13.7 Å². The van der Waals surface area contributed by atoms with Gasteiger partial charge in [-0.2, -0.15) is 0 Å². The van der Waals surface area contributed by atoms with Crippen molar-refractivity contribution in [3.05, 3.63) is 59.5 Å². The van der Waals surface area contributed by atoms with Gasteiger partial charge in [0.15, 0.2) is 0 Å². The van der Waals surface area contributed by atoms with Crippen molar-refractivity contribution in [1.29, 1.82) is 0 Å². The Labute approximate surface area is 125 Å². The maximum Gasteiger partial charge on any atom is 0.373 e. The Bertz CT molecular complexity index is 562. The van der Waals surface area contributed by atoms with Crippen LogP contribution in [0.1, 0.15) is 35.2 Å². The zero-order chi connectivity index (χ0) is 15.1. The number of nitrogens with one attached hydrogen (secondary N) is 1. The Kier molecular flexibility index (Phi) is 5.58. The molecule has 0 aliphatic rings. The Hall–Kier alpha value is -2.07. The number of carbonyl (C=O) groups is 1. The number of methoxy groups -OCH3 is 1. The average molecular weight is 287 g/mol. The Morgan fingerprint density at radius 1 is 1.24 bits per heavy atom. The van der Waals surface area contributed by atoms with Gasteiger partial charge in [-0.1, -0.05) is 30.3 Å². The Morgan fingerprint density at radius 2 is 2.00 bits per heavy atom. The van der Waals surface area contributed by atoms with E-state index in [0.29, 0.717) is 12.6 Å². The van der Waals surface area contributed by atoms with Crippen molar-refractivity contribution in [3.8, 4) is 0 Å². The van der Waals surface area contributed by atoms with Gasteiger partial charge >= 0.3 is 5.97 Å². The van der Waals surface area contributed by atoms with E-state index in [1.54, 1.807) is 12.1 Å². The molecule has 112 valence electrons. The molecule has 1 aromatic heterocycles. The first-order valence-electron chi connectivity index (χ1n) is 7.13. The first kappa shape index (κ1) is 15.3. The summed E-state index contributed by atoms with van der Waals surface area (Å²) in [6.45, 7) is 2.75. The SMILES string of the molecule is COC(=O)c1ccc(CNC(C)CCc2ccccc2)o1. The van der Waals surface area contributed by atoms with E-state index < -0.39 is 5.97 Å². The van der Waals surface area contributed by atoms with Crippen molar-refractivity contribution in [1.82, 2.24) is 5.32 Å². The van der Waals surface area contributed by atoms with Crippen LogP contribution in [0.2, 0.25) is 0 Å². The summed E-state index contributed by atoms with van der Waals surface area (Å²) < 4.78 is 10.0. The number of ether oxygens (including phenoxy) is 1. The third-order valence-electron chi connectivity index (χ3n) is 3.38. The van der Waals surface area contributed by atoms with Gasteiger partial charge in [-0.25, -0.2) is 4.79 Å². The van der Waals surface area contributed by atoms with Crippen LogP contribution in [0.5, 0.6) is 0 Å². The molecule has 1 unspecified atom stereocenters. The van der Waals surface area contributed by atoms with Gasteiger partial charge in [0.1, 0.15) is 5.76 Å². The topological polar surface area (TPSA) is 51.5 Å². The number of aryl methyl sites for hydroxylation is 1. The standard InChI is InChI=1S/C17H21NO3/c1-13(8-9-14-6-4-3-5-7-14)18-12-15-10-11-16(21-15)17(19)20-2/h3-7,10-11,13,18H,8-9,12H2,1-2H3. The van der Waals surface area contributed by atoms with Crippen molar-refractivity contribution in [3.63, 3.8) is 0 Å². The molecule has 0 aliphatic carbocycles. The van der Waals surface area contributed by atoms with E-state index in [9.17, 15) is 4.79 Å². The molecule has 0 bridgehead atoms. The molecule has 0 saturated carbocycles. The number of furan rings is 1. The highest BCUT2D eigenvalue weighted by Crippen LogP contribution is 2.10. The minimum Gasteiger partial charge on any atom is -0.463 e. The molecule has 4 nitrogen and oxygen atoms in total. The van der Waals surface area contributed by atoms with Crippen molar-refractivity contribution in [2.24, 2.45) is 0 Å². The van der Waals surface area contributed by atoms with Crippen molar-refractivity contribution in [2.75, 3.05) is 7.11 Å². The van der Waals surface area contributed by atoms with E-state index in [4.69, 9.17) is 4.42 Å². The molecular weight excluding hydrogens is 266 g/mol. The molecule has 0 fully saturated rings. The zero-order valence-electron chi connectivity index (χ0n) is 12.5. The molecule has 0 amide bonds. The van der Waals surface area contributed by atoms with Gasteiger partial charge in [-0.3, -0.25) is 0 Å². The summed E-state index contributed by atoms with van der Waals surface area (Å²) in [4.78, 5) is 11.3. The van der Waals surface area contributed by atoms with Gasteiger partial charge < -0.3 is 14.5 Å². The largest absolute Gasteiger partial charge is 0.463 e. The van der Waals surface area contributed by atoms with Crippen LogP contribution in [0.15, 0.2) is 46.9 Å². The van der Waals surface area contributed by atoms with Crippen LogP contribution in [0.3, 0.4) is 0 Å². The summed E-state index contributed by atoms with van der Waals surface area (Å²) in [5.74, 6) is 0.534. The smallest absolute Gasteiger partial charge is 0.373 e. The van der Waals surface area contributed by atoms with Gasteiger partial charge in [0.2, 0.25) is 5.76 Å². The number of rotatable bonds is 7. The summed E-state index contributed by atoms with van der Waals surface area (Å²) in [6.07, 6.45) is 2.09. The van der Waals surface area contributed by atoms with Crippen LogP contribution in [0.25, 0.3) is 0 Å². The third kappa shape index (κ3) is 4.76. The molecule has 0 aliphatic heterocycles. The highest BCUT2D eigenvalue weighted by Gasteiger charge is 2.11. The minimum absolute atomic E-state index is 0.242. The quantitative estimate of drug-likeness (QED) is 0.795. The molecule has 0 spiro atoms. The fourth-order valence-electron chi connectivity index (χ4n) is 2.09.